The van der Waals surface area contributed by atoms with Crippen LogP contribution >= 0.6 is 0 Å². The summed E-state index contributed by atoms with van der Waals surface area (Å²) in [5, 5.41) is 20.2. The third-order valence-electron chi connectivity index (χ3n) is 8.64. The lowest BCUT2D eigenvalue weighted by atomic mass is 9.61. The van der Waals surface area contributed by atoms with Gasteiger partial charge in [0, 0.05) is 26.1 Å². The maximum atomic E-state index is 10.1. The predicted octanol–water partition coefficient (Wildman–Crippen LogP) is 4.10. The molecule has 1 saturated heterocycles. The van der Waals surface area contributed by atoms with Crippen LogP contribution in [-0.2, 0) is 4.74 Å². The van der Waals surface area contributed by atoms with Crippen molar-refractivity contribution in [2.75, 3.05) is 32.8 Å². The molecule has 2 unspecified atom stereocenters. The van der Waals surface area contributed by atoms with Gasteiger partial charge < -0.3 is 14.9 Å². The number of aliphatic hydroxyl groups is 2. The standard InChI is InChI=1S/C26H41NO3/c1-18(17-27-11-13-30-14-12-27)23-8-9-24-20(5-4-10-26(23,24)3)6-7-21-15-22(28)16-25(29)19(21)2/h6-7,18,22-25,28-29H,2,4-5,8-17H2,1,3H3/b20-6+,21-7+/t18-,22?,23-,24+,25?,26-/m1/s1. The first kappa shape index (κ1) is 22.3. The normalized spacial score (nSPS) is 41.9. The van der Waals surface area contributed by atoms with Crippen molar-refractivity contribution in [2.24, 2.45) is 23.2 Å². The van der Waals surface area contributed by atoms with Gasteiger partial charge >= 0.3 is 0 Å². The maximum Gasteiger partial charge on any atom is 0.0811 e. The Morgan fingerprint density at radius 2 is 2.00 bits per heavy atom. The van der Waals surface area contributed by atoms with Gasteiger partial charge in [-0.2, -0.15) is 0 Å². The van der Waals surface area contributed by atoms with Crippen molar-refractivity contribution in [3.8, 4) is 0 Å². The maximum absolute atomic E-state index is 10.1. The highest BCUT2D eigenvalue weighted by Crippen LogP contribution is 2.59. The van der Waals surface area contributed by atoms with Gasteiger partial charge in [-0.05, 0) is 72.8 Å². The molecule has 1 heterocycles. The van der Waals surface area contributed by atoms with Gasteiger partial charge in [0.05, 0.1) is 25.4 Å². The van der Waals surface area contributed by atoms with E-state index in [1.165, 1.54) is 38.6 Å². The molecule has 6 atom stereocenters. The molecule has 4 rings (SSSR count). The molecule has 168 valence electrons. The van der Waals surface area contributed by atoms with Crippen LogP contribution in [0, 0.1) is 23.2 Å². The SMILES string of the molecule is C=C1/C(=C/C=C2\CCC[C@]3(C)[C@@H]([C@H](C)CN4CCOCC4)CC[C@@H]23)CC(O)CC1O. The van der Waals surface area contributed by atoms with Crippen molar-refractivity contribution in [3.05, 3.63) is 35.5 Å². The van der Waals surface area contributed by atoms with Crippen molar-refractivity contribution in [3.63, 3.8) is 0 Å². The van der Waals surface area contributed by atoms with Gasteiger partial charge in [-0.25, -0.2) is 0 Å². The van der Waals surface area contributed by atoms with E-state index >= 15 is 0 Å². The first-order valence-corrected chi connectivity index (χ1v) is 12.1. The number of nitrogens with zero attached hydrogens (tertiary/aromatic N) is 1. The first-order chi connectivity index (χ1) is 14.4. The van der Waals surface area contributed by atoms with Gasteiger partial charge in [-0.3, -0.25) is 4.90 Å². The van der Waals surface area contributed by atoms with Gasteiger partial charge in [0.25, 0.3) is 0 Å². The Kier molecular flexibility index (Phi) is 6.88. The second-order valence-corrected chi connectivity index (χ2v) is 10.6. The molecule has 0 amide bonds. The molecular weight excluding hydrogens is 374 g/mol. The summed E-state index contributed by atoms with van der Waals surface area (Å²) in [6.07, 6.45) is 10.9. The van der Waals surface area contributed by atoms with E-state index in [1.54, 1.807) is 5.57 Å². The number of hydrogen-bond acceptors (Lipinski definition) is 4. The Morgan fingerprint density at radius 1 is 1.23 bits per heavy atom. The van der Waals surface area contributed by atoms with Crippen molar-refractivity contribution in [2.45, 2.75) is 71.0 Å². The molecule has 2 N–H and O–H groups in total. The molecular formula is C26H41NO3. The molecule has 3 aliphatic carbocycles. The van der Waals surface area contributed by atoms with E-state index in [0.29, 0.717) is 24.2 Å². The van der Waals surface area contributed by atoms with E-state index in [4.69, 9.17) is 4.74 Å². The van der Waals surface area contributed by atoms with Crippen molar-refractivity contribution >= 4 is 0 Å². The zero-order chi connectivity index (χ0) is 21.3. The zero-order valence-electron chi connectivity index (χ0n) is 19.0. The smallest absolute Gasteiger partial charge is 0.0811 e. The summed E-state index contributed by atoms with van der Waals surface area (Å²) in [4.78, 5) is 2.60. The number of morpholine rings is 1. The molecule has 4 heteroatoms. The second-order valence-electron chi connectivity index (χ2n) is 10.6. The molecule has 0 bridgehead atoms. The van der Waals surface area contributed by atoms with E-state index in [9.17, 15) is 10.2 Å². The van der Waals surface area contributed by atoms with Crippen LogP contribution < -0.4 is 0 Å². The lowest BCUT2D eigenvalue weighted by molar-refractivity contribution is 0.0155. The molecule has 4 aliphatic rings. The van der Waals surface area contributed by atoms with Crippen molar-refractivity contribution in [1.82, 2.24) is 4.90 Å². The minimum atomic E-state index is -0.605. The van der Waals surface area contributed by atoms with Crippen LogP contribution in [-0.4, -0.2) is 60.2 Å². The Hall–Kier alpha value is -0.940. The molecule has 3 saturated carbocycles. The van der Waals surface area contributed by atoms with Gasteiger partial charge in [-0.15, -0.1) is 0 Å². The van der Waals surface area contributed by atoms with Gasteiger partial charge in [-0.1, -0.05) is 38.2 Å². The fraction of sp³-hybridized carbons (Fsp3) is 0.769. The van der Waals surface area contributed by atoms with Crippen LogP contribution in [0.5, 0.6) is 0 Å². The molecule has 0 spiro atoms. The van der Waals surface area contributed by atoms with Gasteiger partial charge in [0.15, 0.2) is 0 Å². The minimum absolute atomic E-state index is 0.400. The monoisotopic (exact) mass is 415 g/mol. The Balaban J connectivity index is 1.47. The van der Waals surface area contributed by atoms with Gasteiger partial charge in [0.1, 0.15) is 0 Å². The van der Waals surface area contributed by atoms with Crippen LogP contribution in [0.4, 0.5) is 0 Å². The molecule has 30 heavy (non-hydrogen) atoms. The van der Waals surface area contributed by atoms with E-state index in [0.717, 1.165) is 49.3 Å². The highest BCUT2D eigenvalue weighted by molar-refractivity contribution is 5.38. The Morgan fingerprint density at radius 3 is 2.77 bits per heavy atom. The average molecular weight is 416 g/mol. The van der Waals surface area contributed by atoms with E-state index in [-0.39, 0.29) is 0 Å². The lowest BCUT2D eigenvalue weighted by Crippen LogP contribution is -2.43. The number of fused-ring (bicyclic) bond motifs is 1. The van der Waals surface area contributed by atoms with Crippen LogP contribution in [0.25, 0.3) is 0 Å². The van der Waals surface area contributed by atoms with Crippen LogP contribution in [0.1, 0.15) is 58.8 Å². The van der Waals surface area contributed by atoms with E-state index < -0.39 is 12.2 Å². The summed E-state index contributed by atoms with van der Waals surface area (Å²) in [6, 6.07) is 0. The van der Waals surface area contributed by atoms with Crippen LogP contribution in [0.15, 0.2) is 35.5 Å². The quantitative estimate of drug-likeness (QED) is 0.726. The average Bonchev–Trinajstić information content (AvgIpc) is 3.08. The lowest BCUT2D eigenvalue weighted by Gasteiger charge is -2.45. The number of aliphatic hydroxyl groups excluding tert-OH is 2. The molecule has 1 aliphatic heterocycles. The van der Waals surface area contributed by atoms with E-state index in [1.807, 2.05) is 0 Å². The summed E-state index contributed by atoms with van der Waals surface area (Å²) in [5.41, 5.74) is 3.80. The van der Waals surface area contributed by atoms with Crippen molar-refractivity contribution < 1.29 is 14.9 Å². The second kappa shape index (κ2) is 9.28. The predicted molar refractivity (Wildman–Crippen MR) is 121 cm³/mol. The van der Waals surface area contributed by atoms with Crippen LogP contribution in [0.3, 0.4) is 0 Å². The summed E-state index contributed by atoms with van der Waals surface area (Å²) in [5.74, 6) is 2.18. The molecule has 4 fully saturated rings. The number of allylic oxidation sites excluding steroid dienone is 3. The third kappa shape index (κ3) is 4.48. The van der Waals surface area contributed by atoms with Crippen LogP contribution in [0.2, 0.25) is 0 Å². The molecule has 4 nitrogen and oxygen atoms in total. The fourth-order valence-corrected chi connectivity index (χ4v) is 7.00. The number of ether oxygens (including phenoxy) is 1. The first-order valence-electron chi connectivity index (χ1n) is 12.1. The Bertz CT molecular complexity index is 692. The molecule has 0 aromatic heterocycles. The topological polar surface area (TPSA) is 52.9 Å². The van der Waals surface area contributed by atoms with Crippen molar-refractivity contribution in [1.29, 1.82) is 0 Å². The summed E-state index contributed by atoms with van der Waals surface area (Å²) >= 11 is 0. The van der Waals surface area contributed by atoms with Gasteiger partial charge in [0.2, 0.25) is 0 Å². The molecule has 0 radical (unpaired) electrons. The molecule has 0 aromatic carbocycles. The van der Waals surface area contributed by atoms with E-state index in [2.05, 4.69) is 37.5 Å². The Labute approximate surface area is 182 Å². The molecule has 0 aromatic rings. The number of rotatable bonds is 4. The fourth-order valence-electron chi connectivity index (χ4n) is 7.00. The summed E-state index contributed by atoms with van der Waals surface area (Å²) in [6.45, 7) is 14.2. The highest BCUT2D eigenvalue weighted by atomic mass is 16.5. The highest BCUT2D eigenvalue weighted by Gasteiger charge is 2.50. The largest absolute Gasteiger partial charge is 0.393 e. The summed E-state index contributed by atoms with van der Waals surface area (Å²) < 4.78 is 5.53. The zero-order valence-corrected chi connectivity index (χ0v) is 19.0. The minimum Gasteiger partial charge on any atom is -0.393 e. The summed E-state index contributed by atoms with van der Waals surface area (Å²) in [7, 11) is 0. The number of hydrogen-bond donors (Lipinski definition) is 2. The third-order valence-corrected chi connectivity index (χ3v) is 8.64.